The van der Waals surface area contributed by atoms with Crippen LogP contribution in [0.4, 0.5) is 0 Å². The van der Waals surface area contributed by atoms with Crippen LogP contribution in [0.2, 0.25) is 0 Å². The highest BCUT2D eigenvalue weighted by Gasteiger charge is 2.30. The van der Waals surface area contributed by atoms with Gasteiger partial charge in [-0.15, -0.1) is 0 Å². The fourth-order valence-corrected chi connectivity index (χ4v) is 3.90. The third-order valence-electron chi connectivity index (χ3n) is 4.96. The number of nitrogens with zero attached hydrogens (tertiary/aromatic N) is 1. The van der Waals surface area contributed by atoms with Crippen molar-refractivity contribution in [2.45, 2.75) is 90.8 Å². The van der Waals surface area contributed by atoms with Gasteiger partial charge in [0.25, 0.3) is 0 Å². The summed E-state index contributed by atoms with van der Waals surface area (Å²) in [4.78, 5) is 2.71. The normalized spacial score (nSPS) is 27.5. The van der Waals surface area contributed by atoms with Gasteiger partial charge >= 0.3 is 0 Å². The molecule has 0 aromatic carbocycles. The summed E-state index contributed by atoms with van der Waals surface area (Å²) in [5.74, 6) is 0.919. The summed E-state index contributed by atoms with van der Waals surface area (Å²) >= 11 is 0. The molecule has 0 spiro atoms. The van der Waals surface area contributed by atoms with E-state index in [1.54, 1.807) is 0 Å². The molecule has 1 aliphatic carbocycles. The third kappa shape index (κ3) is 5.07. The molecule has 1 aliphatic rings. The van der Waals surface area contributed by atoms with Crippen LogP contribution < -0.4 is 5.32 Å². The first-order valence-electron chi connectivity index (χ1n) is 8.59. The van der Waals surface area contributed by atoms with Crippen molar-refractivity contribution in [3.8, 4) is 0 Å². The van der Waals surface area contributed by atoms with E-state index in [0.29, 0.717) is 12.1 Å². The first-order chi connectivity index (χ1) is 9.13. The van der Waals surface area contributed by atoms with Crippen LogP contribution in [0, 0.1) is 5.92 Å². The van der Waals surface area contributed by atoms with Gasteiger partial charge in [0.05, 0.1) is 0 Å². The Bertz CT molecular complexity index is 223. The molecule has 0 bridgehead atoms. The Kier molecular flexibility index (Phi) is 8.01. The molecule has 4 unspecified atom stereocenters. The van der Waals surface area contributed by atoms with E-state index in [9.17, 15) is 0 Å². The molecule has 1 rings (SSSR count). The van der Waals surface area contributed by atoms with Gasteiger partial charge in [-0.3, -0.25) is 4.90 Å². The van der Waals surface area contributed by atoms with Crippen molar-refractivity contribution in [1.82, 2.24) is 10.2 Å². The summed E-state index contributed by atoms with van der Waals surface area (Å²) < 4.78 is 0. The molecule has 0 aliphatic heterocycles. The van der Waals surface area contributed by atoms with Gasteiger partial charge in [-0.05, 0) is 45.2 Å². The van der Waals surface area contributed by atoms with Crippen LogP contribution in [0.15, 0.2) is 0 Å². The van der Waals surface area contributed by atoms with E-state index in [2.05, 4.69) is 45.0 Å². The summed E-state index contributed by atoms with van der Waals surface area (Å²) in [6.07, 6.45) is 9.51. The Morgan fingerprint density at radius 3 is 2.47 bits per heavy atom. The lowest BCUT2D eigenvalue weighted by atomic mass is 9.85. The minimum absolute atomic E-state index is 0.669. The molecule has 0 amide bonds. The topological polar surface area (TPSA) is 15.3 Å². The van der Waals surface area contributed by atoms with E-state index in [1.807, 2.05) is 0 Å². The van der Waals surface area contributed by atoms with Crippen LogP contribution in [-0.4, -0.2) is 36.6 Å². The van der Waals surface area contributed by atoms with Crippen molar-refractivity contribution < 1.29 is 0 Å². The Morgan fingerprint density at radius 1 is 1.21 bits per heavy atom. The maximum absolute atomic E-state index is 3.72. The van der Waals surface area contributed by atoms with Crippen molar-refractivity contribution in [1.29, 1.82) is 0 Å². The lowest BCUT2D eigenvalue weighted by molar-refractivity contribution is 0.0902. The minimum atomic E-state index is 0.669. The van der Waals surface area contributed by atoms with Gasteiger partial charge in [0.1, 0.15) is 0 Å². The second-order valence-electron chi connectivity index (χ2n) is 6.52. The van der Waals surface area contributed by atoms with Crippen LogP contribution in [-0.2, 0) is 0 Å². The predicted molar refractivity (Wildman–Crippen MR) is 85.6 cm³/mol. The predicted octanol–water partition coefficient (Wildman–Crippen LogP) is 4.05. The Morgan fingerprint density at radius 2 is 1.95 bits per heavy atom. The first kappa shape index (κ1) is 17.0. The fraction of sp³-hybridized carbons (Fsp3) is 1.00. The van der Waals surface area contributed by atoms with E-state index in [1.165, 1.54) is 44.9 Å². The first-order valence-corrected chi connectivity index (χ1v) is 8.59. The second kappa shape index (κ2) is 8.97. The Hall–Kier alpha value is -0.0800. The molecule has 0 heterocycles. The SMILES string of the molecule is CCCC(NCC)C(CC)N(C)C1CCCC(C)C1. The van der Waals surface area contributed by atoms with Gasteiger partial charge in [-0.2, -0.15) is 0 Å². The molecule has 0 radical (unpaired) electrons. The molecule has 1 fully saturated rings. The van der Waals surface area contributed by atoms with Crippen molar-refractivity contribution >= 4 is 0 Å². The van der Waals surface area contributed by atoms with Crippen molar-refractivity contribution in [2.24, 2.45) is 5.92 Å². The highest BCUT2D eigenvalue weighted by atomic mass is 15.2. The second-order valence-corrected chi connectivity index (χ2v) is 6.52. The average Bonchev–Trinajstić information content (AvgIpc) is 2.40. The monoisotopic (exact) mass is 268 g/mol. The molecule has 4 atom stereocenters. The van der Waals surface area contributed by atoms with Gasteiger partial charge in [0, 0.05) is 18.1 Å². The number of hydrogen-bond acceptors (Lipinski definition) is 2. The van der Waals surface area contributed by atoms with Crippen LogP contribution in [0.3, 0.4) is 0 Å². The maximum atomic E-state index is 3.72. The third-order valence-corrected chi connectivity index (χ3v) is 4.96. The number of likely N-dealkylation sites (N-methyl/N-ethyl adjacent to an activating group) is 2. The van der Waals surface area contributed by atoms with Gasteiger partial charge in [-0.25, -0.2) is 0 Å². The molecule has 1 saturated carbocycles. The van der Waals surface area contributed by atoms with E-state index in [0.717, 1.165) is 18.5 Å². The van der Waals surface area contributed by atoms with E-state index >= 15 is 0 Å². The Balaban J connectivity index is 2.64. The molecular weight excluding hydrogens is 232 g/mol. The lowest BCUT2D eigenvalue weighted by Crippen LogP contribution is -2.52. The summed E-state index contributed by atoms with van der Waals surface area (Å²) in [5, 5.41) is 3.72. The zero-order valence-electron chi connectivity index (χ0n) is 13.9. The lowest BCUT2D eigenvalue weighted by Gasteiger charge is -2.42. The smallest absolute Gasteiger partial charge is 0.0246 e. The summed E-state index contributed by atoms with van der Waals surface area (Å²) in [7, 11) is 2.37. The minimum Gasteiger partial charge on any atom is -0.313 e. The Labute approximate surface area is 121 Å². The highest BCUT2D eigenvalue weighted by molar-refractivity contribution is 4.87. The molecule has 1 N–H and O–H groups in total. The van der Waals surface area contributed by atoms with Crippen LogP contribution >= 0.6 is 0 Å². The van der Waals surface area contributed by atoms with Crippen LogP contribution in [0.5, 0.6) is 0 Å². The molecular formula is C17H36N2. The fourth-order valence-electron chi connectivity index (χ4n) is 3.90. The van der Waals surface area contributed by atoms with Crippen molar-refractivity contribution in [2.75, 3.05) is 13.6 Å². The van der Waals surface area contributed by atoms with Crippen LogP contribution in [0.1, 0.15) is 72.6 Å². The zero-order valence-corrected chi connectivity index (χ0v) is 13.9. The summed E-state index contributed by atoms with van der Waals surface area (Å²) in [6.45, 7) is 10.4. The largest absolute Gasteiger partial charge is 0.313 e. The summed E-state index contributed by atoms with van der Waals surface area (Å²) in [5.41, 5.74) is 0. The van der Waals surface area contributed by atoms with Gasteiger partial charge in [-0.1, -0.05) is 47.0 Å². The molecule has 19 heavy (non-hydrogen) atoms. The standard InChI is InChI=1S/C17H36N2/c1-6-10-16(18-8-3)17(7-2)19(5)15-12-9-11-14(4)13-15/h14-18H,6-13H2,1-5H3. The van der Waals surface area contributed by atoms with Gasteiger partial charge in [0.15, 0.2) is 0 Å². The van der Waals surface area contributed by atoms with E-state index in [-0.39, 0.29) is 0 Å². The maximum Gasteiger partial charge on any atom is 0.0246 e. The van der Waals surface area contributed by atoms with Gasteiger partial charge in [0.2, 0.25) is 0 Å². The van der Waals surface area contributed by atoms with Crippen molar-refractivity contribution in [3.63, 3.8) is 0 Å². The van der Waals surface area contributed by atoms with Crippen LogP contribution in [0.25, 0.3) is 0 Å². The quantitative estimate of drug-likeness (QED) is 0.714. The molecule has 2 heteroatoms. The van der Waals surface area contributed by atoms with E-state index in [4.69, 9.17) is 0 Å². The molecule has 114 valence electrons. The molecule has 0 aromatic heterocycles. The molecule has 0 saturated heterocycles. The molecule has 0 aromatic rings. The van der Waals surface area contributed by atoms with E-state index < -0.39 is 0 Å². The number of rotatable bonds is 8. The molecule has 2 nitrogen and oxygen atoms in total. The number of hydrogen-bond donors (Lipinski definition) is 1. The zero-order chi connectivity index (χ0) is 14.3. The van der Waals surface area contributed by atoms with Crippen molar-refractivity contribution in [3.05, 3.63) is 0 Å². The summed E-state index contributed by atoms with van der Waals surface area (Å²) in [6, 6.07) is 2.18. The highest BCUT2D eigenvalue weighted by Crippen LogP contribution is 2.29. The number of nitrogens with one attached hydrogen (secondary N) is 1. The van der Waals surface area contributed by atoms with Gasteiger partial charge < -0.3 is 5.32 Å². The average molecular weight is 268 g/mol.